The number of fused-ring (bicyclic) bond motifs is 1. The Morgan fingerprint density at radius 2 is 2.12 bits per heavy atom. The molecule has 1 unspecified atom stereocenters. The number of benzene rings is 1. The Morgan fingerprint density at radius 3 is 2.81 bits per heavy atom. The van der Waals surface area contributed by atoms with Gasteiger partial charge in [-0.25, -0.2) is 0 Å². The lowest BCUT2D eigenvalue weighted by molar-refractivity contribution is 0.280. The molecule has 0 spiro atoms. The van der Waals surface area contributed by atoms with E-state index < -0.39 is 0 Å². The molecule has 0 aromatic heterocycles. The van der Waals surface area contributed by atoms with Gasteiger partial charge in [0, 0.05) is 5.92 Å². The number of aliphatic hydroxyl groups is 1. The normalized spacial score (nSPS) is 18.8. The summed E-state index contributed by atoms with van der Waals surface area (Å²) >= 11 is 0. The van der Waals surface area contributed by atoms with Crippen LogP contribution in [0.15, 0.2) is 42.5 Å². The van der Waals surface area contributed by atoms with Gasteiger partial charge in [0.25, 0.3) is 0 Å². The van der Waals surface area contributed by atoms with Crippen LogP contribution in [-0.2, 0) is 0 Å². The fourth-order valence-corrected chi connectivity index (χ4v) is 2.55. The Labute approximate surface area is 97.1 Å². The molecule has 1 nitrogen and oxygen atoms in total. The first-order valence-electron chi connectivity index (χ1n) is 5.80. The minimum atomic E-state index is 0.205. The van der Waals surface area contributed by atoms with Gasteiger partial charge in [0.15, 0.2) is 0 Å². The van der Waals surface area contributed by atoms with Crippen molar-refractivity contribution in [2.24, 2.45) is 0 Å². The summed E-state index contributed by atoms with van der Waals surface area (Å²) in [7, 11) is 0. The van der Waals surface area contributed by atoms with E-state index >= 15 is 0 Å². The van der Waals surface area contributed by atoms with Crippen LogP contribution in [0, 0.1) is 0 Å². The molecule has 84 valence electrons. The van der Waals surface area contributed by atoms with Crippen molar-refractivity contribution >= 4 is 5.57 Å². The highest BCUT2D eigenvalue weighted by atomic mass is 16.3. The van der Waals surface area contributed by atoms with Crippen molar-refractivity contribution in [1.82, 2.24) is 0 Å². The van der Waals surface area contributed by atoms with Crippen LogP contribution in [0.4, 0.5) is 0 Å². The average Bonchev–Trinajstić information content (AvgIpc) is 2.58. The molecule has 0 fully saturated rings. The van der Waals surface area contributed by atoms with Crippen LogP contribution in [0.5, 0.6) is 0 Å². The van der Waals surface area contributed by atoms with Crippen LogP contribution in [0.1, 0.15) is 36.8 Å². The molecule has 0 heterocycles. The molecule has 0 bridgehead atoms. The summed E-state index contributed by atoms with van der Waals surface area (Å²) in [4.78, 5) is 0. The Morgan fingerprint density at radius 1 is 1.38 bits per heavy atom. The standard InChI is InChI=1S/C15H18O/c1-3-4-7-12-11(2)15(10-16)14-9-6-5-8-13(12)14/h3,5-6,8-9,15-16H,1,4,7,10H2,2H3. The Balaban J connectivity index is 2.41. The lowest BCUT2D eigenvalue weighted by Gasteiger charge is -2.09. The van der Waals surface area contributed by atoms with Crippen molar-refractivity contribution in [1.29, 1.82) is 0 Å². The number of aliphatic hydroxyl groups excluding tert-OH is 1. The molecule has 16 heavy (non-hydrogen) atoms. The molecule has 0 saturated heterocycles. The van der Waals surface area contributed by atoms with Crippen LogP contribution in [0.25, 0.3) is 5.57 Å². The summed E-state index contributed by atoms with van der Waals surface area (Å²) in [5.74, 6) is 0.205. The predicted molar refractivity (Wildman–Crippen MR) is 68.3 cm³/mol. The maximum Gasteiger partial charge on any atom is 0.0537 e. The minimum absolute atomic E-state index is 0.205. The quantitative estimate of drug-likeness (QED) is 0.760. The molecule has 1 atom stereocenters. The predicted octanol–water partition coefficient (Wildman–Crippen LogP) is 3.52. The van der Waals surface area contributed by atoms with E-state index in [0.29, 0.717) is 0 Å². The van der Waals surface area contributed by atoms with Gasteiger partial charge in [0.2, 0.25) is 0 Å². The topological polar surface area (TPSA) is 20.2 Å². The summed E-state index contributed by atoms with van der Waals surface area (Å²) in [5.41, 5.74) is 5.32. The fourth-order valence-electron chi connectivity index (χ4n) is 2.55. The monoisotopic (exact) mass is 214 g/mol. The Bertz CT molecular complexity index is 429. The van der Waals surface area contributed by atoms with Gasteiger partial charge in [0.05, 0.1) is 6.61 Å². The van der Waals surface area contributed by atoms with Crippen LogP contribution in [0.3, 0.4) is 0 Å². The van der Waals surface area contributed by atoms with Gasteiger partial charge < -0.3 is 5.11 Å². The summed E-state index contributed by atoms with van der Waals surface area (Å²) < 4.78 is 0. The first-order valence-corrected chi connectivity index (χ1v) is 5.80. The highest BCUT2D eigenvalue weighted by Crippen LogP contribution is 2.43. The molecule has 1 aliphatic rings. The molecule has 0 saturated carbocycles. The molecule has 1 heteroatoms. The molecular formula is C15H18O. The van der Waals surface area contributed by atoms with Crippen molar-refractivity contribution in [2.45, 2.75) is 25.7 Å². The third kappa shape index (κ3) is 1.72. The molecular weight excluding hydrogens is 196 g/mol. The second-order valence-corrected chi connectivity index (χ2v) is 4.31. The second-order valence-electron chi connectivity index (χ2n) is 4.31. The third-order valence-electron chi connectivity index (χ3n) is 3.44. The van der Waals surface area contributed by atoms with E-state index in [2.05, 4.69) is 31.7 Å². The number of rotatable bonds is 4. The third-order valence-corrected chi connectivity index (χ3v) is 3.44. The van der Waals surface area contributed by atoms with Gasteiger partial charge >= 0.3 is 0 Å². The van der Waals surface area contributed by atoms with Gasteiger partial charge in [-0.05, 0) is 36.5 Å². The van der Waals surface area contributed by atoms with Crippen molar-refractivity contribution in [2.75, 3.05) is 6.61 Å². The fraction of sp³-hybridized carbons (Fsp3) is 0.333. The zero-order valence-electron chi connectivity index (χ0n) is 9.74. The molecule has 1 aromatic rings. The zero-order chi connectivity index (χ0) is 11.5. The summed E-state index contributed by atoms with van der Waals surface area (Å²) in [5, 5.41) is 9.47. The van der Waals surface area contributed by atoms with Crippen molar-refractivity contribution in [3.8, 4) is 0 Å². The average molecular weight is 214 g/mol. The van der Waals surface area contributed by atoms with Crippen molar-refractivity contribution < 1.29 is 5.11 Å². The largest absolute Gasteiger partial charge is 0.395 e. The number of allylic oxidation sites excluding steroid dienone is 2. The van der Waals surface area contributed by atoms with Crippen molar-refractivity contribution in [3.05, 3.63) is 53.6 Å². The van der Waals surface area contributed by atoms with Crippen LogP contribution >= 0.6 is 0 Å². The van der Waals surface area contributed by atoms with Gasteiger partial charge in [-0.3, -0.25) is 0 Å². The lowest BCUT2D eigenvalue weighted by Crippen LogP contribution is -2.01. The van der Waals surface area contributed by atoms with Crippen LogP contribution in [0.2, 0.25) is 0 Å². The minimum Gasteiger partial charge on any atom is -0.395 e. The lowest BCUT2D eigenvalue weighted by atomic mass is 9.98. The van der Waals surface area contributed by atoms with Gasteiger partial charge in [-0.1, -0.05) is 35.9 Å². The number of hydrogen-bond acceptors (Lipinski definition) is 1. The van der Waals surface area contributed by atoms with Crippen molar-refractivity contribution in [3.63, 3.8) is 0 Å². The molecule has 0 radical (unpaired) electrons. The molecule has 0 amide bonds. The molecule has 1 aromatic carbocycles. The Kier molecular flexibility index (Phi) is 3.25. The van der Waals surface area contributed by atoms with E-state index in [4.69, 9.17) is 0 Å². The van der Waals surface area contributed by atoms with Gasteiger partial charge in [0.1, 0.15) is 0 Å². The second kappa shape index (κ2) is 4.67. The highest BCUT2D eigenvalue weighted by Gasteiger charge is 2.26. The first-order chi connectivity index (χ1) is 7.79. The van der Waals surface area contributed by atoms with Crippen LogP contribution < -0.4 is 0 Å². The number of hydrogen-bond donors (Lipinski definition) is 1. The smallest absolute Gasteiger partial charge is 0.0537 e. The van der Waals surface area contributed by atoms with E-state index in [-0.39, 0.29) is 12.5 Å². The summed E-state index contributed by atoms with van der Waals surface area (Å²) in [6.07, 6.45) is 3.98. The molecule has 0 aliphatic heterocycles. The van der Waals surface area contributed by atoms with Gasteiger partial charge in [-0.2, -0.15) is 0 Å². The van der Waals surface area contributed by atoms with E-state index in [1.165, 1.54) is 22.3 Å². The van der Waals surface area contributed by atoms with E-state index in [1.807, 2.05) is 12.1 Å². The van der Waals surface area contributed by atoms with Crippen LogP contribution in [-0.4, -0.2) is 11.7 Å². The van der Waals surface area contributed by atoms with E-state index in [1.54, 1.807) is 0 Å². The highest BCUT2D eigenvalue weighted by molar-refractivity contribution is 5.78. The SMILES string of the molecule is C=CCCC1=C(C)C(CO)c2ccccc21. The Hall–Kier alpha value is -1.34. The summed E-state index contributed by atoms with van der Waals surface area (Å²) in [6.45, 7) is 6.12. The molecule has 1 aliphatic carbocycles. The maximum atomic E-state index is 9.47. The zero-order valence-corrected chi connectivity index (χ0v) is 9.74. The maximum absolute atomic E-state index is 9.47. The van der Waals surface area contributed by atoms with E-state index in [9.17, 15) is 5.11 Å². The first kappa shape index (κ1) is 11.2. The molecule has 1 N–H and O–H groups in total. The molecule has 2 rings (SSSR count). The summed E-state index contributed by atoms with van der Waals surface area (Å²) in [6, 6.07) is 8.40. The van der Waals surface area contributed by atoms with Gasteiger partial charge in [-0.15, -0.1) is 6.58 Å². The van der Waals surface area contributed by atoms with E-state index in [0.717, 1.165) is 12.8 Å².